The van der Waals surface area contributed by atoms with Crippen LogP contribution < -0.4 is 0 Å². The minimum absolute atomic E-state index is 0.0825. The van der Waals surface area contributed by atoms with E-state index in [2.05, 4.69) is 47.9 Å². The van der Waals surface area contributed by atoms with Crippen LogP contribution in [0.4, 0.5) is 0 Å². The van der Waals surface area contributed by atoms with Crippen molar-refractivity contribution in [2.24, 2.45) is 0 Å². The third-order valence-electron chi connectivity index (χ3n) is 5.42. The van der Waals surface area contributed by atoms with E-state index in [9.17, 15) is 4.79 Å². The number of rotatable bonds is 4. The van der Waals surface area contributed by atoms with Crippen molar-refractivity contribution in [1.82, 2.24) is 4.57 Å². The highest BCUT2D eigenvalue weighted by molar-refractivity contribution is 6.08. The molecule has 3 heteroatoms. The molecule has 1 heterocycles. The molecule has 4 rings (SSSR count). The van der Waals surface area contributed by atoms with E-state index in [1.807, 2.05) is 12.1 Å². The van der Waals surface area contributed by atoms with E-state index in [0.717, 1.165) is 30.3 Å². The summed E-state index contributed by atoms with van der Waals surface area (Å²) < 4.78 is 8.08. The maximum Gasteiger partial charge on any atom is 0.329 e. The molecule has 0 amide bonds. The van der Waals surface area contributed by atoms with Gasteiger partial charge in [0.15, 0.2) is 0 Å². The second kappa shape index (κ2) is 6.91. The SMILES string of the molecule is CCC(C(=O)OC1CCCCC1)n1c2ccccc2c2ccccc21. The lowest BCUT2D eigenvalue weighted by Gasteiger charge is -2.25. The zero-order chi connectivity index (χ0) is 17.2. The van der Waals surface area contributed by atoms with E-state index in [4.69, 9.17) is 4.74 Å². The quantitative estimate of drug-likeness (QED) is 0.579. The Morgan fingerprint density at radius 1 is 1.00 bits per heavy atom. The summed E-state index contributed by atoms with van der Waals surface area (Å²) in [5, 5.41) is 2.39. The number of ether oxygens (including phenoxy) is 1. The Balaban J connectivity index is 1.76. The Bertz CT molecular complexity index is 836. The van der Waals surface area contributed by atoms with E-state index < -0.39 is 0 Å². The number of para-hydroxylation sites is 2. The molecule has 0 saturated heterocycles. The first-order chi connectivity index (χ1) is 12.3. The molecular formula is C22H25NO2. The third kappa shape index (κ3) is 2.92. The van der Waals surface area contributed by atoms with E-state index in [0.29, 0.717) is 0 Å². The Labute approximate surface area is 148 Å². The first kappa shape index (κ1) is 16.2. The topological polar surface area (TPSA) is 31.2 Å². The lowest BCUT2D eigenvalue weighted by molar-refractivity contribution is -0.154. The number of fused-ring (bicyclic) bond motifs is 3. The molecule has 0 aliphatic heterocycles. The lowest BCUT2D eigenvalue weighted by atomic mass is 9.98. The monoisotopic (exact) mass is 335 g/mol. The second-order valence-electron chi connectivity index (χ2n) is 7.03. The van der Waals surface area contributed by atoms with E-state index >= 15 is 0 Å². The van der Waals surface area contributed by atoms with Crippen LogP contribution in [0.15, 0.2) is 48.5 Å². The van der Waals surface area contributed by atoms with Gasteiger partial charge in [0.2, 0.25) is 0 Å². The van der Waals surface area contributed by atoms with Crippen molar-refractivity contribution in [1.29, 1.82) is 0 Å². The van der Waals surface area contributed by atoms with Crippen molar-refractivity contribution in [2.45, 2.75) is 57.6 Å². The van der Waals surface area contributed by atoms with E-state index in [1.54, 1.807) is 0 Å². The first-order valence-electron chi connectivity index (χ1n) is 9.47. The van der Waals surface area contributed by atoms with Gasteiger partial charge in [0.05, 0.1) is 0 Å². The van der Waals surface area contributed by atoms with Crippen LogP contribution in [0.3, 0.4) is 0 Å². The minimum atomic E-state index is -0.272. The summed E-state index contributed by atoms with van der Waals surface area (Å²) in [4.78, 5) is 13.0. The highest BCUT2D eigenvalue weighted by atomic mass is 16.5. The number of hydrogen-bond donors (Lipinski definition) is 0. The summed E-state index contributed by atoms with van der Waals surface area (Å²) in [7, 11) is 0. The van der Waals surface area contributed by atoms with Crippen molar-refractivity contribution >= 4 is 27.8 Å². The van der Waals surface area contributed by atoms with E-state index in [1.165, 1.54) is 30.0 Å². The molecule has 130 valence electrons. The minimum Gasteiger partial charge on any atom is -0.461 e. The lowest BCUT2D eigenvalue weighted by Crippen LogP contribution is -2.27. The highest BCUT2D eigenvalue weighted by Crippen LogP contribution is 2.33. The van der Waals surface area contributed by atoms with Gasteiger partial charge in [-0.2, -0.15) is 0 Å². The normalized spacial score (nSPS) is 17.0. The molecule has 3 aromatic rings. The van der Waals surface area contributed by atoms with Gasteiger partial charge in [0.25, 0.3) is 0 Å². The molecule has 0 radical (unpaired) electrons. The number of carbonyl (C=O) groups excluding carboxylic acids is 1. The number of carbonyl (C=O) groups is 1. The van der Waals surface area contributed by atoms with Crippen LogP contribution in [0.25, 0.3) is 21.8 Å². The molecule has 0 spiro atoms. The number of esters is 1. The van der Waals surface area contributed by atoms with Crippen LogP contribution in [0.2, 0.25) is 0 Å². The highest BCUT2D eigenvalue weighted by Gasteiger charge is 2.27. The van der Waals surface area contributed by atoms with Crippen LogP contribution in [0.5, 0.6) is 0 Å². The Morgan fingerprint density at radius 3 is 2.12 bits per heavy atom. The number of hydrogen-bond acceptors (Lipinski definition) is 2. The van der Waals surface area contributed by atoms with Gasteiger partial charge >= 0.3 is 5.97 Å². The van der Waals surface area contributed by atoms with Gasteiger partial charge < -0.3 is 9.30 Å². The summed E-state index contributed by atoms with van der Waals surface area (Å²) in [6.45, 7) is 2.07. The van der Waals surface area contributed by atoms with Crippen LogP contribution in [0, 0.1) is 0 Å². The molecule has 1 aromatic heterocycles. The van der Waals surface area contributed by atoms with Crippen molar-refractivity contribution in [3.05, 3.63) is 48.5 Å². The van der Waals surface area contributed by atoms with Crippen molar-refractivity contribution in [3.63, 3.8) is 0 Å². The maximum atomic E-state index is 13.0. The fraction of sp³-hybridized carbons (Fsp3) is 0.409. The maximum absolute atomic E-state index is 13.0. The predicted molar refractivity (Wildman–Crippen MR) is 102 cm³/mol. The van der Waals surface area contributed by atoms with Gasteiger partial charge in [-0.25, -0.2) is 4.79 Å². The fourth-order valence-corrected chi connectivity index (χ4v) is 4.17. The third-order valence-corrected chi connectivity index (χ3v) is 5.42. The molecule has 1 aliphatic carbocycles. The largest absolute Gasteiger partial charge is 0.461 e. The average Bonchev–Trinajstić information content (AvgIpc) is 2.98. The molecule has 1 unspecified atom stereocenters. The van der Waals surface area contributed by atoms with Gasteiger partial charge in [-0.15, -0.1) is 0 Å². The summed E-state index contributed by atoms with van der Waals surface area (Å²) in [6, 6.07) is 16.4. The molecule has 0 bridgehead atoms. The molecule has 2 aromatic carbocycles. The molecule has 25 heavy (non-hydrogen) atoms. The Hall–Kier alpha value is -2.29. The standard InChI is InChI=1S/C22H25NO2/c1-2-19(22(24)25-16-10-4-3-5-11-16)23-20-14-8-6-12-17(20)18-13-7-9-15-21(18)23/h6-9,12-16,19H,2-5,10-11H2,1H3. The van der Waals surface area contributed by atoms with Crippen LogP contribution in [-0.2, 0) is 9.53 Å². The predicted octanol–water partition coefficient (Wildman–Crippen LogP) is 5.62. The number of nitrogens with zero attached hydrogens (tertiary/aromatic N) is 1. The smallest absolute Gasteiger partial charge is 0.329 e. The van der Waals surface area contributed by atoms with Crippen molar-refractivity contribution < 1.29 is 9.53 Å². The summed E-state index contributed by atoms with van der Waals surface area (Å²) in [6.07, 6.45) is 6.45. The zero-order valence-corrected chi connectivity index (χ0v) is 14.8. The van der Waals surface area contributed by atoms with Gasteiger partial charge in [-0.1, -0.05) is 49.7 Å². The van der Waals surface area contributed by atoms with Crippen molar-refractivity contribution in [2.75, 3.05) is 0 Å². The molecule has 1 atom stereocenters. The van der Waals surface area contributed by atoms with Gasteiger partial charge in [0, 0.05) is 21.8 Å². The van der Waals surface area contributed by atoms with E-state index in [-0.39, 0.29) is 18.1 Å². The van der Waals surface area contributed by atoms with Crippen LogP contribution in [0.1, 0.15) is 51.5 Å². The molecule has 0 N–H and O–H groups in total. The Morgan fingerprint density at radius 2 is 1.56 bits per heavy atom. The van der Waals surface area contributed by atoms with Crippen LogP contribution >= 0.6 is 0 Å². The fourth-order valence-electron chi connectivity index (χ4n) is 4.17. The molecule has 3 nitrogen and oxygen atoms in total. The number of benzene rings is 2. The number of aromatic nitrogens is 1. The van der Waals surface area contributed by atoms with Gasteiger partial charge in [0.1, 0.15) is 12.1 Å². The molecule has 1 fully saturated rings. The summed E-state index contributed by atoms with van der Waals surface area (Å²) in [5.41, 5.74) is 2.22. The van der Waals surface area contributed by atoms with Gasteiger partial charge in [-0.05, 0) is 44.2 Å². The Kier molecular flexibility index (Phi) is 4.48. The molecular weight excluding hydrogens is 310 g/mol. The average molecular weight is 335 g/mol. The summed E-state index contributed by atoms with van der Waals surface area (Å²) >= 11 is 0. The zero-order valence-electron chi connectivity index (χ0n) is 14.8. The van der Waals surface area contributed by atoms with Crippen LogP contribution in [-0.4, -0.2) is 16.6 Å². The second-order valence-corrected chi connectivity index (χ2v) is 7.03. The molecule has 1 saturated carbocycles. The molecule has 1 aliphatic rings. The summed E-state index contributed by atoms with van der Waals surface area (Å²) in [5.74, 6) is -0.0825. The van der Waals surface area contributed by atoms with Gasteiger partial charge in [-0.3, -0.25) is 0 Å². The first-order valence-corrected chi connectivity index (χ1v) is 9.47. The van der Waals surface area contributed by atoms with Crippen molar-refractivity contribution in [3.8, 4) is 0 Å².